The maximum absolute atomic E-state index is 12.8. The average Bonchev–Trinajstić information content (AvgIpc) is 3.73. The van der Waals surface area contributed by atoms with E-state index in [-0.39, 0.29) is 31.4 Å². The number of hydrogen-bond acceptors (Lipinski definition) is 10. The Labute approximate surface area is 275 Å². The molecule has 2 N–H and O–H groups in total. The summed E-state index contributed by atoms with van der Waals surface area (Å²) in [5.41, 5.74) is 1.29. The van der Waals surface area contributed by atoms with Crippen molar-refractivity contribution in [3.05, 3.63) is 119 Å². The summed E-state index contributed by atoms with van der Waals surface area (Å²) >= 11 is 0. The minimum Gasteiger partial charge on any atom is -0.497 e. The molecule has 3 aromatic carbocycles. The van der Waals surface area contributed by atoms with E-state index >= 15 is 0 Å². The predicted molar refractivity (Wildman–Crippen MR) is 172 cm³/mol. The van der Waals surface area contributed by atoms with Crippen LogP contribution in [0.1, 0.15) is 42.2 Å². The summed E-state index contributed by atoms with van der Waals surface area (Å²) in [5, 5.41) is 9.12. The fourth-order valence-corrected chi connectivity index (χ4v) is 5.94. The molecule has 1 saturated heterocycles. The summed E-state index contributed by atoms with van der Waals surface area (Å²) in [7, 11) is 3.20. The van der Waals surface area contributed by atoms with Crippen molar-refractivity contribution in [1.82, 2.24) is 19.5 Å². The fourth-order valence-electron chi connectivity index (χ4n) is 5.94. The van der Waals surface area contributed by atoms with Crippen LogP contribution in [0.15, 0.2) is 96.3 Å². The lowest BCUT2D eigenvalue weighted by Gasteiger charge is -2.37. The second-order valence-electron chi connectivity index (χ2n) is 11.2. The van der Waals surface area contributed by atoms with E-state index in [1.807, 2.05) is 78.9 Å². The zero-order chi connectivity index (χ0) is 33.7. The lowest BCUT2D eigenvalue weighted by atomic mass is 9.80. The normalized spacial score (nSPS) is 17.7. The maximum atomic E-state index is 12.8. The first kappa shape index (κ1) is 32.4. The van der Waals surface area contributed by atoms with Crippen LogP contribution in [0.5, 0.6) is 11.5 Å². The molecule has 0 amide bonds. The molecule has 0 aliphatic carbocycles. The van der Waals surface area contributed by atoms with Gasteiger partial charge in [0.25, 0.3) is 5.56 Å². The number of hydrogen-bond donors (Lipinski definition) is 2. The van der Waals surface area contributed by atoms with Crippen molar-refractivity contribution in [2.75, 3.05) is 20.8 Å². The first-order valence-electron chi connectivity index (χ1n) is 15.3. The van der Waals surface area contributed by atoms with Crippen LogP contribution >= 0.6 is 0 Å². The number of imidazole rings is 1. The number of carbonyl (C=O) groups excluding carboxylic acids is 1. The number of nitrogens with one attached hydrogen (secondary N) is 1. The smallest absolute Gasteiger partial charge is 0.306 e. The number of methoxy groups -OCH3 is 2. The molecular formula is C35H34N4O9. The summed E-state index contributed by atoms with van der Waals surface area (Å²) in [6, 6.07) is 24.8. The summed E-state index contributed by atoms with van der Waals surface area (Å²) in [6.45, 7) is -0.0546. The monoisotopic (exact) mass is 654 g/mol. The van der Waals surface area contributed by atoms with Gasteiger partial charge in [-0.15, -0.1) is 0 Å². The number of aromatic amines is 1. The summed E-state index contributed by atoms with van der Waals surface area (Å²) in [6.07, 6.45) is -0.118. The Morgan fingerprint density at radius 2 is 1.54 bits per heavy atom. The molecule has 48 heavy (non-hydrogen) atoms. The number of fused-ring (bicyclic) bond motifs is 1. The number of carboxylic acid groups (broad SMARTS) is 1. The Balaban J connectivity index is 1.39. The van der Waals surface area contributed by atoms with E-state index in [1.54, 1.807) is 18.8 Å². The number of esters is 1. The highest BCUT2D eigenvalue weighted by Gasteiger charge is 2.44. The average molecular weight is 655 g/mol. The maximum Gasteiger partial charge on any atom is 0.306 e. The van der Waals surface area contributed by atoms with Gasteiger partial charge in [-0.2, -0.15) is 0 Å². The Bertz CT molecular complexity index is 1880. The quantitative estimate of drug-likeness (QED) is 0.138. The zero-order valence-corrected chi connectivity index (χ0v) is 26.3. The molecule has 0 bridgehead atoms. The second kappa shape index (κ2) is 14.1. The molecule has 5 aromatic rings. The fraction of sp³-hybridized carbons (Fsp3) is 0.286. The summed E-state index contributed by atoms with van der Waals surface area (Å²) < 4.78 is 31.8. The van der Waals surface area contributed by atoms with E-state index < -0.39 is 41.5 Å². The number of benzene rings is 3. The number of nitrogens with zero attached hydrogens (tertiary/aromatic N) is 3. The van der Waals surface area contributed by atoms with Crippen molar-refractivity contribution in [2.24, 2.45) is 0 Å². The van der Waals surface area contributed by atoms with Crippen LogP contribution < -0.4 is 15.0 Å². The third-order valence-electron chi connectivity index (χ3n) is 8.32. The first-order chi connectivity index (χ1) is 23.3. The van der Waals surface area contributed by atoms with Gasteiger partial charge in [0.1, 0.15) is 35.5 Å². The zero-order valence-electron chi connectivity index (χ0n) is 26.3. The Kier molecular flexibility index (Phi) is 9.50. The minimum absolute atomic E-state index is 0.0546. The molecule has 2 aromatic heterocycles. The number of ether oxygens (including phenoxy) is 5. The number of aliphatic carboxylic acids is 1. The summed E-state index contributed by atoms with van der Waals surface area (Å²) in [4.78, 5) is 47.3. The first-order valence-corrected chi connectivity index (χ1v) is 15.3. The molecule has 1 aliphatic rings. The molecule has 3 atom stereocenters. The number of carbonyl (C=O) groups is 2. The minimum atomic E-state index is -1.17. The van der Waals surface area contributed by atoms with Crippen LogP contribution in [-0.4, -0.2) is 69.6 Å². The molecule has 0 saturated carbocycles. The van der Waals surface area contributed by atoms with Crippen molar-refractivity contribution in [3.63, 3.8) is 0 Å². The van der Waals surface area contributed by atoms with Gasteiger partial charge in [-0.3, -0.25) is 19.0 Å². The molecular weight excluding hydrogens is 620 g/mol. The summed E-state index contributed by atoms with van der Waals surface area (Å²) in [5.74, 6) is -0.446. The van der Waals surface area contributed by atoms with Crippen molar-refractivity contribution < 1.29 is 38.4 Å². The topological polar surface area (TPSA) is 164 Å². The molecule has 0 radical (unpaired) electrons. The lowest BCUT2D eigenvalue weighted by molar-refractivity contribution is -0.157. The van der Waals surface area contributed by atoms with Crippen LogP contribution in [0.2, 0.25) is 0 Å². The highest BCUT2D eigenvalue weighted by molar-refractivity contribution is 5.76. The highest BCUT2D eigenvalue weighted by atomic mass is 16.6. The number of carboxylic acids is 1. The Morgan fingerprint density at radius 1 is 0.917 bits per heavy atom. The molecule has 248 valence electrons. The SMILES string of the molecule is COc1ccc(C(OC[C@H]2O[C@@H](n3cnc4c(=O)[nH]cnc43)C[C@@H]2OC(=O)CCC(=O)O)(c2ccccc2)c2ccc(OC)cc2)cc1. The van der Waals surface area contributed by atoms with E-state index in [4.69, 9.17) is 28.8 Å². The van der Waals surface area contributed by atoms with Gasteiger partial charge >= 0.3 is 11.9 Å². The molecule has 6 rings (SSSR count). The lowest BCUT2D eigenvalue weighted by Crippen LogP contribution is -2.39. The van der Waals surface area contributed by atoms with E-state index in [0.29, 0.717) is 17.1 Å². The van der Waals surface area contributed by atoms with Crippen molar-refractivity contribution in [3.8, 4) is 11.5 Å². The van der Waals surface area contributed by atoms with Crippen LogP contribution in [-0.2, 0) is 29.4 Å². The van der Waals surface area contributed by atoms with Gasteiger partial charge in [-0.25, -0.2) is 9.97 Å². The molecule has 0 spiro atoms. The van der Waals surface area contributed by atoms with Crippen LogP contribution in [0.4, 0.5) is 0 Å². The number of H-pyrrole nitrogens is 1. The Hall–Kier alpha value is -5.53. The highest BCUT2D eigenvalue weighted by Crippen LogP contribution is 2.43. The molecule has 13 heteroatoms. The predicted octanol–water partition coefficient (Wildman–Crippen LogP) is 4.21. The van der Waals surface area contributed by atoms with Gasteiger partial charge in [0, 0.05) is 6.42 Å². The third-order valence-corrected chi connectivity index (χ3v) is 8.32. The Morgan fingerprint density at radius 3 is 2.15 bits per heavy atom. The number of aromatic nitrogens is 4. The van der Waals surface area contributed by atoms with Crippen molar-refractivity contribution in [2.45, 2.75) is 43.3 Å². The van der Waals surface area contributed by atoms with Crippen LogP contribution in [0.3, 0.4) is 0 Å². The van der Waals surface area contributed by atoms with Crippen molar-refractivity contribution >= 4 is 23.1 Å². The molecule has 1 aliphatic heterocycles. The standard InChI is InChI=1S/C35H34N4O9/c1-44-25-12-8-23(9-13-25)35(22-6-4-3-5-7-22,24-10-14-26(45-2)15-11-24)46-19-28-27(48-31(42)17-16-30(40)41)18-29(47-28)39-21-38-32-33(39)36-20-37-34(32)43/h3-15,20-21,27-29H,16-19H2,1-2H3,(H,40,41)(H,36,37,43)/t27-,28+,29+/m0/s1. The molecule has 3 heterocycles. The molecule has 1 fully saturated rings. The van der Waals surface area contributed by atoms with E-state index in [1.165, 1.54) is 12.7 Å². The van der Waals surface area contributed by atoms with Gasteiger partial charge in [-0.05, 0) is 41.0 Å². The van der Waals surface area contributed by atoms with Crippen LogP contribution in [0.25, 0.3) is 11.2 Å². The second-order valence-corrected chi connectivity index (χ2v) is 11.2. The third kappa shape index (κ3) is 6.50. The van der Waals surface area contributed by atoms with Gasteiger partial charge in [0.2, 0.25) is 0 Å². The van der Waals surface area contributed by atoms with E-state index in [0.717, 1.165) is 16.7 Å². The van der Waals surface area contributed by atoms with Gasteiger partial charge < -0.3 is 33.8 Å². The largest absolute Gasteiger partial charge is 0.497 e. The van der Waals surface area contributed by atoms with E-state index in [2.05, 4.69) is 15.0 Å². The van der Waals surface area contributed by atoms with Gasteiger partial charge in [-0.1, -0.05) is 54.6 Å². The van der Waals surface area contributed by atoms with Gasteiger partial charge in [0.05, 0.1) is 46.3 Å². The van der Waals surface area contributed by atoms with E-state index in [9.17, 15) is 14.4 Å². The molecule has 0 unspecified atom stereocenters. The molecule has 13 nitrogen and oxygen atoms in total. The number of rotatable bonds is 13. The van der Waals surface area contributed by atoms with Gasteiger partial charge in [0.15, 0.2) is 11.2 Å². The van der Waals surface area contributed by atoms with Crippen molar-refractivity contribution in [1.29, 1.82) is 0 Å². The van der Waals surface area contributed by atoms with Crippen LogP contribution in [0, 0.1) is 0 Å².